The number of hydrogen-bond donors (Lipinski definition) is 0. The van der Waals surface area contributed by atoms with Crippen LogP contribution in [0.15, 0.2) is 44.7 Å². The van der Waals surface area contributed by atoms with Gasteiger partial charge in [-0.2, -0.15) is 9.78 Å². The van der Waals surface area contributed by atoms with E-state index < -0.39 is 22.7 Å². The van der Waals surface area contributed by atoms with E-state index >= 15 is 0 Å². The number of carbonyl (C=O) groups excluding carboxylic acids is 1. The molecule has 3 aromatic rings. The summed E-state index contributed by atoms with van der Waals surface area (Å²) in [6, 6.07) is 7.83. The molecular formula is C26H26BrClN4O6. The molecule has 0 saturated heterocycles. The lowest BCUT2D eigenvalue weighted by atomic mass is 9.88. The van der Waals surface area contributed by atoms with Crippen molar-refractivity contribution in [2.24, 2.45) is 5.10 Å². The second-order valence-corrected chi connectivity index (χ2v) is 10.3. The Hall–Kier alpha value is -3.31. The molecule has 1 aliphatic rings. The highest BCUT2D eigenvalue weighted by molar-refractivity contribution is 9.10. The predicted molar refractivity (Wildman–Crippen MR) is 147 cm³/mol. The van der Waals surface area contributed by atoms with Crippen LogP contribution in [0.25, 0.3) is 10.9 Å². The average Bonchev–Trinajstić information content (AvgIpc) is 2.89. The van der Waals surface area contributed by atoms with Crippen molar-refractivity contribution in [3.63, 3.8) is 0 Å². The Bertz CT molecular complexity index is 1470. The average molecular weight is 606 g/mol. The van der Waals surface area contributed by atoms with E-state index in [1.54, 1.807) is 19.1 Å². The summed E-state index contributed by atoms with van der Waals surface area (Å²) in [6.45, 7) is 3.20. The van der Waals surface area contributed by atoms with Crippen LogP contribution in [0.1, 0.15) is 63.3 Å². The molecule has 1 fully saturated rings. The second kappa shape index (κ2) is 12.0. The zero-order valence-electron chi connectivity index (χ0n) is 20.9. The van der Waals surface area contributed by atoms with Crippen molar-refractivity contribution >= 4 is 56.3 Å². The number of fused-ring (bicyclic) bond motifs is 1. The lowest BCUT2D eigenvalue weighted by Crippen LogP contribution is -2.27. The van der Waals surface area contributed by atoms with Crippen molar-refractivity contribution in [2.45, 2.75) is 58.0 Å². The van der Waals surface area contributed by atoms with Gasteiger partial charge in [-0.05, 0) is 51.0 Å². The molecule has 12 heteroatoms. The normalized spacial score (nSPS) is 15.1. The maximum Gasteiger partial charge on any atom is 0.347 e. The van der Waals surface area contributed by atoms with E-state index in [9.17, 15) is 19.7 Å². The standard InChI is InChI=1S/C26H26BrClN4O6/c1-3-37-26(34)15(2)38-23-17(11-19(28)13-22(23)32(35)36)14-29-31-24(16-7-5-4-6-8-16)30-21-10-9-18(27)12-20(21)25(31)33/h9-16H,3-8H2,1-2H3/t15-/m1/s1. The summed E-state index contributed by atoms with van der Waals surface area (Å²) in [4.78, 5) is 41.7. The van der Waals surface area contributed by atoms with E-state index in [-0.39, 0.29) is 34.4 Å². The van der Waals surface area contributed by atoms with E-state index in [0.29, 0.717) is 16.7 Å². The first kappa shape index (κ1) is 27.7. The Morgan fingerprint density at radius 3 is 2.74 bits per heavy atom. The highest BCUT2D eigenvalue weighted by Crippen LogP contribution is 2.35. The van der Waals surface area contributed by atoms with Gasteiger partial charge in [0.2, 0.25) is 5.75 Å². The predicted octanol–water partition coefficient (Wildman–Crippen LogP) is 5.98. The number of halogens is 2. The minimum Gasteiger partial charge on any atom is -0.471 e. The molecule has 1 heterocycles. The largest absolute Gasteiger partial charge is 0.471 e. The van der Waals surface area contributed by atoms with Crippen LogP contribution in [0.3, 0.4) is 0 Å². The van der Waals surface area contributed by atoms with Crippen molar-refractivity contribution in [3.05, 3.63) is 71.7 Å². The molecule has 0 spiro atoms. The summed E-state index contributed by atoms with van der Waals surface area (Å²) in [7, 11) is 0. The van der Waals surface area contributed by atoms with Crippen LogP contribution < -0.4 is 10.3 Å². The van der Waals surface area contributed by atoms with Crippen molar-refractivity contribution in [1.29, 1.82) is 0 Å². The molecule has 38 heavy (non-hydrogen) atoms. The summed E-state index contributed by atoms with van der Waals surface area (Å²) >= 11 is 9.58. The lowest BCUT2D eigenvalue weighted by molar-refractivity contribution is -0.386. The summed E-state index contributed by atoms with van der Waals surface area (Å²) in [5, 5.41) is 16.7. The van der Waals surface area contributed by atoms with E-state index in [1.165, 1.54) is 23.9 Å². The fourth-order valence-corrected chi connectivity index (χ4v) is 5.05. The van der Waals surface area contributed by atoms with Crippen LogP contribution in [-0.2, 0) is 9.53 Å². The van der Waals surface area contributed by atoms with Crippen molar-refractivity contribution in [3.8, 4) is 5.75 Å². The second-order valence-electron chi connectivity index (χ2n) is 8.94. The van der Waals surface area contributed by atoms with Gasteiger partial charge in [-0.3, -0.25) is 14.9 Å². The number of hydrogen-bond acceptors (Lipinski definition) is 8. The number of ether oxygens (including phenoxy) is 2. The minimum atomic E-state index is -1.14. The van der Waals surface area contributed by atoms with Crippen LogP contribution in [0.2, 0.25) is 5.02 Å². The fourth-order valence-electron chi connectivity index (χ4n) is 4.47. The van der Waals surface area contributed by atoms with E-state index in [0.717, 1.165) is 42.6 Å². The number of aromatic nitrogens is 2. The van der Waals surface area contributed by atoms with Gasteiger partial charge in [0.1, 0.15) is 5.82 Å². The monoisotopic (exact) mass is 604 g/mol. The summed E-state index contributed by atoms with van der Waals surface area (Å²) in [6.07, 6.45) is 5.04. The number of esters is 1. The van der Waals surface area contributed by atoms with Gasteiger partial charge in [0, 0.05) is 27.0 Å². The number of nitro groups is 1. The minimum absolute atomic E-state index is 0.0369. The smallest absolute Gasteiger partial charge is 0.347 e. The molecule has 0 aliphatic heterocycles. The third-order valence-corrected chi connectivity index (χ3v) is 7.00. The third-order valence-electron chi connectivity index (χ3n) is 6.29. The van der Waals surface area contributed by atoms with Crippen LogP contribution in [0.4, 0.5) is 5.69 Å². The van der Waals surface area contributed by atoms with Crippen molar-refractivity contribution in [1.82, 2.24) is 9.66 Å². The number of rotatable bonds is 8. The molecule has 0 amide bonds. The van der Waals surface area contributed by atoms with Gasteiger partial charge in [-0.15, -0.1) is 0 Å². The molecule has 1 atom stereocenters. The zero-order valence-corrected chi connectivity index (χ0v) is 23.2. The number of nitro benzene ring substituents is 1. The highest BCUT2D eigenvalue weighted by atomic mass is 79.9. The molecule has 10 nitrogen and oxygen atoms in total. The maximum atomic E-state index is 13.6. The number of nitrogens with zero attached hydrogens (tertiary/aromatic N) is 4. The number of carbonyl (C=O) groups is 1. The molecule has 2 aromatic carbocycles. The van der Waals surface area contributed by atoms with Crippen LogP contribution >= 0.6 is 27.5 Å². The Morgan fingerprint density at radius 1 is 1.32 bits per heavy atom. The molecule has 0 bridgehead atoms. The molecule has 0 N–H and O–H groups in total. The van der Waals surface area contributed by atoms with Gasteiger partial charge >= 0.3 is 11.7 Å². The molecule has 1 aliphatic carbocycles. The van der Waals surface area contributed by atoms with E-state index in [1.807, 2.05) is 6.07 Å². The van der Waals surface area contributed by atoms with Gasteiger partial charge in [-0.25, -0.2) is 9.78 Å². The Labute approximate surface area is 231 Å². The molecule has 4 rings (SSSR count). The molecule has 1 saturated carbocycles. The lowest BCUT2D eigenvalue weighted by Gasteiger charge is -2.22. The Morgan fingerprint density at radius 2 is 2.05 bits per heavy atom. The summed E-state index contributed by atoms with van der Waals surface area (Å²) in [5.41, 5.74) is -0.130. The first-order chi connectivity index (χ1) is 18.2. The van der Waals surface area contributed by atoms with Crippen LogP contribution in [-0.4, -0.2) is 39.5 Å². The van der Waals surface area contributed by atoms with Crippen LogP contribution in [0.5, 0.6) is 5.75 Å². The zero-order chi connectivity index (χ0) is 27.4. The van der Waals surface area contributed by atoms with Crippen LogP contribution in [0, 0.1) is 10.1 Å². The van der Waals surface area contributed by atoms with E-state index in [4.69, 9.17) is 26.1 Å². The molecule has 1 aromatic heterocycles. The van der Waals surface area contributed by atoms with Gasteiger partial charge in [0.15, 0.2) is 6.10 Å². The molecule has 0 radical (unpaired) electrons. The first-order valence-corrected chi connectivity index (χ1v) is 13.4. The summed E-state index contributed by atoms with van der Waals surface area (Å²) < 4.78 is 12.6. The third kappa shape index (κ3) is 6.05. The number of benzene rings is 2. The topological polar surface area (TPSA) is 126 Å². The highest BCUT2D eigenvalue weighted by Gasteiger charge is 2.27. The summed E-state index contributed by atoms with van der Waals surface area (Å²) in [5.74, 6) is -0.332. The van der Waals surface area contributed by atoms with Gasteiger partial charge < -0.3 is 9.47 Å². The molecular weight excluding hydrogens is 580 g/mol. The quantitative estimate of drug-likeness (QED) is 0.134. The first-order valence-electron chi connectivity index (χ1n) is 12.3. The Kier molecular flexibility index (Phi) is 8.78. The van der Waals surface area contributed by atoms with Gasteiger partial charge in [-0.1, -0.05) is 46.8 Å². The fraction of sp³-hybridized carbons (Fsp3) is 0.385. The van der Waals surface area contributed by atoms with Gasteiger partial charge in [0.25, 0.3) is 5.56 Å². The van der Waals surface area contributed by atoms with Crippen molar-refractivity contribution in [2.75, 3.05) is 6.61 Å². The van der Waals surface area contributed by atoms with Crippen molar-refractivity contribution < 1.29 is 19.2 Å². The molecule has 200 valence electrons. The van der Waals surface area contributed by atoms with E-state index in [2.05, 4.69) is 21.0 Å². The molecule has 0 unspecified atom stereocenters. The maximum absolute atomic E-state index is 13.6. The Balaban J connectivity index is 1.86. The SMILES string of the molecule is CCOC(=O)[C@@H](C)Oc1c(C=Nn2c(C3CCCCC3)nc3ccc(Br)cc3c2=O)cc(Cl)cc1[N+](=O)[O-]. The van der Waals surface area contributed by atoms with Gasteiger partial charge in [0.05, 0.1) is 28.6 Å².